The number of nitrogens with zero attached hydrogens (tertiary/aromatic N) is 2. The summed E-state index contributed by atoms with van der Waals surface area (Å²) in [6.07, 6.45) is 3.04. The highest BCUT2D eigenvalue weighted by Crippen LogP contribution is 2.26. The zero-order valence-corrected chi connectivity index (χ0v) is 25.7. The van der Waals surface area contributed by atoms with E-state index in [2.05, 4.69) is 5.32 Å². The summed E-state index contributed by atoms with van der Waals surface area (Å²) in [5.41, 5.74) is 3.66. The Labute approximate surface area is 260 Å². The van der Waals surface area contributed by atoms with Crippen LogP contribution in [0.1, 0.15) is 47.6 Å². The van der Waals surface area contributed by atoms with Crippen molar-refractivity contribution in [2.45, 2.75) is 49.6 Å². The van der Waals surface area contributed by atoms with Crippen LogP contribution in [0.2, 0.25) is 0 Å². The highest BCUT2D eigenvalue weighted by Gasteiger charge is 2.31. The number of amides is 2. The van der Waals surface area contributed by atoms with E-state index in [1.807, 2.05) is 91.0 Å². The summed E-state index contributed by atoms with van der Waals surface area (Å²) >= 11 is 0. The van der Waals surface area contributed by atoms with E-state index in [0.717, 1.165) is 35.1 Å². The van der Waals surface area contributed by atoms with E-state index in [4.69, 9.17) is 0 Å². The Bertz CT molecular complexity index is 1610. The van der Waals surface area contributed by atoms with Crippen LogP contribution in [0.3, 0.4) is 0 Å². The first-order valence-corrected chi connectivity index (χ1v) is 16.6. The van der Waals surface area contributed by atoms with Crippen molar-refractivity contribution in [2.24, 2.45) is 0 Å². The van der Waals surface area contributed by atoms with Gasteiger partial charge < -0.3 is 10.2 Å². The fraction of sp³-hybridized carbons (Fsp3) is 0.278. The van der Waals surface area contributed by atoms with Crippen LogP contribution in [-0.2, 0) is 39.0 Å². The van der Waals surface area contributed by atoms with Crippen LogP contribution in [0.4, 0.5) is 0 Å². The molecular weight excluding hydrogens is 570 g/mol. The van der Waals surface area contributed by atoms with E-state index in [1.54, 1.807) is 29.2 Å². The molecular formula is C36H39N3O4S. The molecule has 228 valence electrons. The molecule has 0 aliphatic carbocycles. The first-order chi connectivity index (χ1) is 21.4. The minimum atomic E-state index is -3.50. The monoisotopic (exact) mass is 609 g/mol. The standard InChI is InChI=1S/C36H39N3O4S/c40-34(23-20-30-18-21-33(22-19-30)44(42,43)38-26-10-11-27-38)39(28-31-14-6-2-7-15-31)35(32-16-8-3-9-17-32)36(41)37-25-24-29-12-4-1-5-13-29/h1-9,12-19,21-22,35H,10-11,20,23-28H2,(H,37,41)/t35-/m1/s1. The van der Waals surface area contributed by atoms with E-state index in [1.165, 1.54) is 4.31 Å². The summed E-state index contributed by atoms with van der Waals surface area (Å²) in [5, 5.41) is 3.07. The van der Waals surface area contributed by atoms with Gasteiger partial charge in [0, 0.05) is 32.6 Å². The van der Waals surface area contributed by atoms with Gasteiger partial charge in [0.15, 0.2) is 0 Å². The lowest BCUT2D eigenvalue weighted by Gasteiger charge is -2.32. The van der Waals surface area contributed by atoms with Crippen molar-refractivity contribution < 1.29 is 18.0 Å². The first kappa shape index (κ1) is 31.2. The third-order valence-corrected chi connectivity index (χ3v) is 9.91. The van der Waals surface area contributed by atoms with Crippen LogP contribution in [-0.4, -0.2) is 49.1 Å². The Kier molecular flexibility index (Phi) is 10.6. The molecule has 0 unspecified atom stereocenters. The van der Waals surface area contributed by atoms with Gasteiger partial charge >= 0.3 is 0 Å². The van der Waals surface area contributed by atoms with Gasteiger partial charge in [0.1, 0.15) is 6.04 Å². The maximum Gasteiger partial charge on any atom is 0.247 e. The molecule has 44 heavy (non-hydrogen) atoms. The summed E-state index contributed by atoms with van der Waals surface area (Å²) in [7, 11) is -3.50. The molecule has 1 heterocycles. The van der Waals surface area contributed by atoms with Crippen molar-refractivity contribution in [2.75, 3.05) is 19.6 Å². The Morgan fingerprint density at radius 1 is 0.705 bits per heavy atom. The van der Waals surface area contributed by atoms with E-state index in [9.17, 15) is 18.0 Å². The average molecular weight is 610 g/mol. The Balaban J connectivity index is 1.33. The van der Waals surface area contributed by atoms with Gasteiger partial charge in [-0.1, -0.05) is 103 Å². The van der Waals surface area contributed by atoms with Crippen LogP contribution >= 0.6 is 0 Å². The van der Waals surface area contributed by atoms with E-state index in [-0.39, 0.29) is 29.7 Å². The molecule has 0 bridgehead atoms. The second-order valence-electron chi connectivity index (χ2n) is 11.1. The molecule has 1 fully saturated rings. The third kappa shape index (κ3) is 8.01. The second-order valence-corrected chi connectivity index (χ2v) is 13.0. The number of hydrogen-bond acceptors (Lipinski definition) is 4. The summed E-state index contributed by atoms with van der Waals surface area (Å²) in [6.45, 7) is 1.83. The van der Waals surface area contributed by atoms with Gasteiger partial charge in [-0.05, 0) is 60.1 Å². The number of rotatable bonds is 13. The number of aryl methyl sites for hydroxylation is 1. The minimum Gasteiger partial charge on any atom is -0.354 e. The molecule has 4 aromatic rings. The van der Waals surface area contributed by atoms with Gasteiger partial charge in [-0.25, -0.2) is 8.42 Å². The van der Waals surface area contributed by atoms with Gasteiger partial charge in [-0.2, -0.15) is 4.31 Å². The zero-order valence-electron chi connectivity index (χ0n) is 24.8. The van der Waals surface area contributed by atoms with Crippen LogP contribution in [0.15, 0.2) is 120 Å². The number of benzene rings is 4. The highest BCUT2D eigenvalue weighted by atomic mass is 32.2. The summed E-state index contributed by atoms with van der Waals surface area (Å²) in [6, 6.07) is 35.1. The molecule has 8 heteroatoms. The molecule has 0 spiro atoms. The van der Waals surface area contributed by atoms with Crippen molar-refractivity contribution in [1.29, 1.82) is 0 Å². The molecule has 1 saturated heterocycles. The Morgan fingerprint density at radius 2 is 1.25 bits per heavy atom. The van der Waals surface area contributed by atoms with E-state index < -0.39 is 16.1 Å². The predicted octanol–water partition coefficient (Wildman–Crippen LogP) is 5.53. The molecule has 2 amide bonds. The number of carbonyl (C=O) groups is 2. The lowest BCUT2D eigenvalue weighted by molar-refractivity contribution is -0.141. The van der Waals surface area contributed by atoms with Crippen LogP contribution in [0.25, 0.3) is 0 Å². The highest BCUT2D eigenvalue weighted by molar-refractivity contribution is 7.89. The van der Waals surface area contributed by atoms with Crippen molar-refractivity contribution in [3.05, 3.63) is 138 Å². The van der Waals surface area contributed by atoms with Crippen LogP contribution in [0.5, 0.6) is 0 Å². The Morgan fingerprint density at radius 3 is 1.86 bits per heavy atom. The average Bonchev–Trinajstić information content (AvgIpc) is 3.62. The molecule has 5 rings (SSSR count). The topological polar surface area (TPSA) is 86.8 Å². The lowest BCUT2D eigenvalue weighted by atomic mass is 10.0. The number of nitrogens with one attached hydrogen (secondary N) is 1. The first-order valence-electron chi connectivity index (χ1n) is 15.2. The van der Waals surface area contributed by atoms with Gasteiger partial charge in [0.25, 0.3) is 0 Å². The maximum atomic E-state index is 14.0. The molecule has 0 radical (unpaired) electrons. The Hall–Kier alpha value is -4.27. The molecule has 1 atom stereocenters. The number of hydrogen-bond donors (Lipinski definition) is 1. The fourth-order valence-electron chi connectivity index (χ4n) is 5.58. The molecule has 0 aromatic heterocycles. The van der Waals surface area contributed by atoms with Crippen LogP contribution in [0, 0.1) is 0 Å². The van der Waals surface area contributed by atoms with Gasteiger partial charge in [-0.15, -0.1) is 0 Å². The molecule has 1 N–H and O–H groups in total. The second kappa shape index (κ2) is 14.9. The molecule has 4 aromatic carbocycles. The third-order valence-electron chi connectivity index (χ3n) is 8.00. The SMILES string of the molecule is O=C(NCCc1ccccc1)[C@@H](c1ccccc1)N(Cc1ccccc1)C(=O)CCc1ccc(S(=O)(=O)N2CCCC2)cc1. The number of sulfonamides is 1. The largest absolute Gasteiger partial charge is 0.354 e. The van der Waals surface area contributed by atoms with Crippen molar-refractivity contribution in [3.8, 4) is 0 Å². The van der Waals surface area contributed by atoms with E-state index in [0.29, 0.717) is 32.5 Å². The van der Waals surface area contributed by atoms with Crippen molar-refractivity contribution in [3.63, 3.8) is 0 Å². The summed E-state index contributed by atoms with van der Waals surface area (Å²) in [5.74, 6) is -0.387. The molecule has 1 aliphatic heterocycles. The molecule has 7 nitrogen and oxygen atoms in total. The predicted molar refractivity (Wildman–Crippen MR) is 172 cm³/mol. The number of carbonyl (C=O) groups excluding carboxylic acids is 2. The minimum absolute atomic E-state index is 0.158. The summed E-state index contributed by atoms with van der Waals surface area (Å²) < 4.78 is 27.4. The fourth-order valence-corrected chi connectivity index (χ4v) is 7.10. The maximum absolute atomic E-state index is 14.0. The lowest BCUT2D eigenvalue weighted by Crippen LogP contribution is -2.44. The normalized spacial score (nSPS) is 14.2. The van der Waals surface area contributed by atoms with Crippen molar-refractivity contribution >= 4 is 21.8 Å². The van der Waals surface area contributed by atoms with Gasteiger partial charge in [-0.3, -0.25) is 9.59 Å². The zero-order chi connectivity index (χ0) is 30.8. The van der Waals surface area contributed by atoms with Crippen LogP contribution < -0.4 is 5.32 Å². The molecule has 0 saturated carbocycles. The van der Waals surface area contributed by atoms with Gasteiger partial charge in [0.05, 0.1) is 4.90 Å². The smallest absolute Gasteiger partial charge is 0.247 e. The van der Waals surface area contributed by atoms with Gasteiger partial charge in [0.2, 0.25) is 21.8 Å². The van der Waals surface area contributed by atoms with E-state index >= 15 is 0 Å². The van der Waals surface area contributed by atoms with Crippen molar-refractivity contribution in [1.82, 2.24) is 14.5 Å². The molecule has 1 aliphatic rings. The quantitative estimate of drug-likeness (QED) is 0.216. The summed E-state index contributed by atoms with van der Waals surface area (Å²) in [4.78, 5) is 29.7.